The lowest BCUT2D eigenvalue weighted by atomic mass is 9.92. The van der Waals surface area contributed by atoms with Crippen LogP contribution in [0.25, 0.3) is 0 Å². The van der Waals surface area contributed by atoms with Gasteiger partial charge >= 0.3 is 0 Å². The highest BCUT2D eigenvalue weighted by Crippen LogP contribution is 2.17. The Bertz CT molecular complexity index is 278. The van der Waals surface area contributed by atoms with Gasteiger partial charge < -0.3 is 14.8 Å². The number of nitrogens with one attached hydrogen (secondary N) is 1. The Balaban J connectivity index is 2.44. The van der Waals surface area contributed by atoms with Crippen LogP contribution in [0.15, 0.2) is 22.8 Å². The van der Waals surface area contributed by atoms with E-state index in [9.17, 15) is 5.11 Å². The molecule has 0 amide bonds. The first-order valence-electron chi connectivity index (χ1n) is 5.42. The van der Waals surface area contributed by atoms with Crippen LogP contribution in [0.1, 0.15) is 39.5 Å². The second-order valence-electron chi connectivity index (χ2n) is 4.63. The topological polar surface area (TPSA) is 45.4 Å². The largest absolute Gasteiger partial charge is 0.468 e. The lowest BCUT2D eigenvalue weighted by molar-refractivity contribution is 0.0117. The fourth-order valence-corrected chi connectivity index (χ4v) is 1.20. The van der Waals surface area contributed by atoms with Crippen LogP contribution in [0, 0.1) is 5.92 Å². The van der Waals surface area contributed by atoms with Gasteiger partial charge in [0.25, 0.3) is 0 Å². The predicted octanol–water partition coefficient (Wildman–Crippen LogP) is 2.34. The molecule has 0 saturated carbocycles. The van der Waals surface area contributed by atoms with E-state index in [0.29, 0.717) is 6.54 Å². The van der Waals surface area contributed by atoms with Crippen LogP contribution >= 0.6 is 0 Å². The maximum Gasteiger partial charge on any atom is 0.120 e. The van der Waals surface area contributed by atoms with Crippen molar-refractivity contribution in [2.45, 2.75) is 39.3 Å². The molecule has 86 valence electrons. The van der Waals surface area contributed by atoms with Crippen molar-refractivity contribution in [3.8, 4) is 0 Å². The fourth-order valence-electron chi connectivity index (χ4n) is 1.20. The number of hydrogen-bond acceptors (Lipinski definition) is 3. The maximum absolute atomic E-state index is 10.0. The van der Waals surface area contributed by atoms with Gasteiger partial charge in [0.2, 0.25) is 0 Å². The summed E-state index contributed by atoms with van der Waals surface area (Å²) >= 11 is 0. The average molecular weight is 211 g/mol. The maximum atomic E-state index is 10.0. The Kier molecular flexibility index (Phi) is 3.94. The molecule has 15 heavy (non-hydrogen) atoms. The van der Waals surface area contributed by atoms with Crippen molar-refractivity contribution in [2.24, 2.45) is 5.92 Å². The van der Waals surface area contributed by atoms with Crippen LogP contribution in [0.2, 0.25) is 0 Å². The summed E-state index contributed by atoms with van der Waals surface area (Å²) in [5, 5.41) is 13.3. The zero-order chi connectivity index (χ0) is 11.5. The highest BCUT2D eigenvalue weighted by molar-refractivity contribution is 5.03. The summed E-state index contributed by atoms with van der Waals surface area (Å²) < 4.78 is 5.28. The molecule has 0 aliphatic heterocycles. The lowest BCUT2D eigenvalue weighted by Gasteiger charge is -2.29. The minimum atomic E-state index is -0.680. The van der Waals surface area contributed by atoms with Gasteiger partial charge in [0.05, 0.1) is 17.9 Å². The third-order valence-corrected chi connectivity index (χ3v) is 2.98. The first-order chi connectivity index (χ1) is 6.93. The van der Waals surface area contributed by atoms with Gasteiger partial charge in [-0.1, -0.05) is 13.8 Å². The van der Waals surface area contributed by atoms with E-state index < -0.39 is 5.60 Å². The zero-order valence-corrected chi connectivity index (χ0v) is 9.95. The molecule has 2 atom stereocenters. The number of aliphatic hydroxyl groups is 1. The van der Waals surface area contributed by atoms with Crippen molar-refractivity contribution in [3.63, 3.8) is 0 Å². The van der Waals surface area contributed by atoms with Crippen LogP contribution in [0.4, 0.5) is 0 Å². The summed E-state index contributed by atoms with van der Waals surface area (Å²) in [6.07, 6.45) is 1.66. The Hall–Kier alpha value is -0.800. The molecular formula is C12H21NO2. The molecule has 1 heterocycles. The SMILES string of the molecule is CC(C)C(C)(O)CN[C@@H](C)c1ccco1. The smallest absolute Gasteiger partial charge is 0.120 e. The zero-order valence-electron chi connectivity index (χ0n) is 9.95. The molecule has 0 aromatic carbocycles. The van der Waals surface area contributed by atoms with Crippen LogP contribution in [0.3, 0.4) is 0 Å². The molecule has 0 bridgehead atoms. The van der Waals surface area contributed by atoms with Crippen molar-refractivity contribution in [1.82, 2.24) is 5.32 Å². The van der Waals surface area contributed by atoms with E-state index >= 15 is 0 Å². The summed E-state index contributed by atoms with van der Waals surface area (Å²) in [6.45, 7) is 8.46. The number of rotatable bonds is 5. The minimum absolute atomic E-state index is 0.130. The number of hydrogen-bond donors (Lipinski definition) is 2. The van der Waals surface area contributed by atoms with Crippen molar-refractivity contribution in [2.75, 3.05) is 6.54 Å². The Morgan fingerprint density at radius 1 is 1.47 bits per heavy atom. The molecule has 1 aromatic heterocycles. The van der Waals surface area contributed by atoms with E-state index in [0.717, 1.165) is 5.76 Å². The molecule has 0 aliphatic carbocycles. The molecular weight excluding hydrogens is 190 g/mol. The predicted molar refractivity (Wildman–Crippen MR) is 60.6 cm³/mol. The van der Waals surface area contributed by atoms with E-state index in [1.807, 2.05) is 39.8 Å². The van der Waals surface area contributed by atoms with E-state index in [-0.39, 0.29) is 12.0 Å². The summed E-state index contributed by atoms with van der Waals surface area (Å²) in [6, 6.07) is 3.93. The van der Waals surface area contributed by atoms with E-state index in [2.05, 4.69) is 5.32 Å². The summed E-state index contributed by atoms with van der Waals surface area (Å²) in [5.74, 6) is 1.13. The summed E-state index contributed by atoms with van der Waals surface area (Å²) in [5.41, 5.74) is -0.680. The molecule has 1 aromatic rings. The summed E-state index contributed by atoms with van der Waals surface area (Å²) in [7, 11) is 0. The minimum Gasteiger partial charge on any atom is -0.468 e. The van der Waals surface area contributed by atoms with Gasteiger partial charge in [-0.05, 0) is 31.9 Å². The van der Waals surface area contributed by atoms with Gasteiger partial charge in [-0.2, -0.15) is 0 Å². The van der Waals surface area contributed by atoms with Gasteiger partial charge in [0.15, 0.2) is 0 Å². The normalized spacial score (nSPS) is 17.7. The first-order valence-corrected chi connectivity index (χ1v) is 5.42. The average Bonchev–Trinajstić information content (AvgIpc) is 2.66. The van der Waals surface area contributed by atoms with Crippen LogP contribution < -0.4 is 5.32 Å². The standard InChI is InChI=1S/C12H21NO2/c1-9(2)12(4,14)8-13-10(3)11-6-5-7-15-11/h5-7,9-10,13-14H,8H2,1-4H3/t10-,12?/m0/s1. The Morgan fingerprint density at radius 2 is 2.13 bits per heavy atom. The first kappa shape index (κ1) is 12.3. The van der Waals surface area contributed by atoms with Gasteiger partial charge in [-0.15, -0.1) is 0 Å². The van der Waals surface area contributed by atoms with E-state index in [4.69, 9.17) is 4.42 Å². The third kappa shape index (κ3) is 3.36. The van der Waals surface area contributed by atoms with Crippen molar-refractivity contribution < 1.29 is 9.52 Å². The van der Waals surface area contributed by atoms with Gasteiger partial charge in [-0.25, -0.2) is 0 Å². The third-order valence-electron chi connectivity index (χ3n) is 2.98. The lowest BCUT2D eigenvalue weighted by Crippen LogP contribution is -2.42. The Labute approximate surface area is 91.5 Å². The molecule has 0 fully saturated rings. The van der Waals surface area contributed by atoms with Crippen molar-refractivity contribution in [3.05, 3.63) is 24.2 Å². The van der Waals surface area contributed by atoms with Gasteiger partial charge in [0.1, 0.15) is 5.76 Å². The quantitative estimate of drug-likeness (QED) is 0.785. The highest BCUT2D eigenvalue weighted by atomic mass is 16.3. The van der Waals surface area contributed by atoms with Crippen LogP contribution in [0.5, 0.6) is 0 Å². The highest BCUT2D eigenvalue weighted by Gasteiger charge is 2.25. The molecule has 0 spiro atoms. The van der Waals surface area contributed by atoms with E-state index in [1.54, 1.807) is 6.26 Å². The van der Waals surface area contributed by atoms with Gasteiger partial charge in [0, 0.05) is 6.54 Å². The molecule has 0 aliphatic rings. The van der Waals surface area contributed by atoms with Crippen molar-refractivity contribution in [1.29, 1.82) is 0 Å². The monoisotopic (exact) mass is 211 g/mol. The fraction of sp³-hybridized carbons (Fsp3) is 0.667. The van der Waals surface area contributed by atoms with Gasteiger partial charge in [-0.3, -0.25) is 0 Å². The molecule has 1 rings (SSSR count). The molecule has 3 nitrogen and oxygen atoms in total. The molecule has 1 unspecified atom stereocenters. The Morgan fingerprint density at radius 3 is 2.60 bits per heavy atom. The summed E-state index contributed by atoms with van der Waals surface area (Å²) in [4.78, 5) is 0. The van der Waals surface area contributed by atoms with Crippen LogP contribution in [-0.4, -0.2) is 17.3 Å². The molecule has 2 N–H and O–H groups in total. The van der Waals surface area contributed by atoms with Crippen LogP contribution in [-0.2, 0) is 0 Å². The van der Waals surface area contributed by atoms with Crippen molar-refractivity contribution >= 4 is 0 Å². The number of furan rings is 1. The second kappa shape index (κ2) is 4.81. The van der Waals surface area contributed by atoms with E-state index in [1.165, 1.54) is 0 Å². The second-order valence-corrected chi connectivity index (χ2v) is 4.63. The molecule has 0 saturated heterocycles. The molecule has 3 heteroatoms. The molecule has 0 radical (unpaired) electrons.